The van der Waals surface area contributed by atoms with Gasteiger partial charge in [0.2, 0.25) is 0 Å². The molecule has 3 aromatic rings. The van der Waals surface area contributed by atoms with Crippen molar-refractivity contribution in [2.24, 2.45) is 0 Å². The first-order chi connectivity index (χ1) is 22.0. The van der Waals surface area contributed by atoms with Crippen molar-refractivity contribution in [3.8, 4) is 11.5 Å². The van der Waals surface area contributed by atoms with Crippen molar-refractivity contribution < 1.29 is 48.1 Å². The fourth-order valence-electron chi connectivity index (χ4n) is 4.68. The average Bonchev–Trinajstić information content (AvgIpc) is 3.25. The van der Waals surface area contributed by atoms with Crippen LogP contribution in [0, 0.1) is 26.0 Å². The maximum atomic E-state index is 14.3. The third-order valence-electron chi connectivity index (χ3n) is 6.76. The Labute approximate surface area is 264 Å². The van der Waals surface area contributed by atoms with E-state index in [0.29, 0.717) is 17.4 Å². The molecule has 0 radical (unpaired) electrons. The van der Waals surface area contributed by atoms with Crippen molar-refractivity contribution >= 4 is 47.2 Å². The molecule has 0 amide bonds. The van der Waals surface area contributed by atoms with Crippen LogP contribution in [0.1, 0.15) is 46.8 Å². The summed E-state index contributed by atoms with van der Waals surface area (Å²) in [7, 11) is 0. The minimum Gasteiger partial charge on any atom is -0.426 e. The number of benzene rings is 3. The van der Waals surface area contributed by atoms with Gasteiger partial charge in [0.05, 0.1) is 18.4 Å². The molecule has 0 fully saturated rings. The lowest BCUT2D eigenvalue weighted by atomic mass is 10.0. The van der Waals surface area contributed by atoms with Crippen molar-refractivity contribution in [3.63, 3.8) is 0 Å². The van der Waals surface area contributed by atoms with E-state index in [1.165, 1.54) is 18.2 Å². The molecule has 46 heavy (non-hydrogen) atoms. The van der Waals surface area contributed by atoms with Crippen molar-refractivity contribution in [3.05, 3.63) is 115 Å². The van der Waals surface area contributed by atoms with Gasteiger partial charge in [-0.1, -0.05) is 18.2 Å². The van der Waals surface area contributed by atoms with Crippen molar-refractivity contribution in [2.75, 3.05) is 12.9 Å². The quantitative estimate of drug-likeness (QED) is 0.0515. The number of aldehydes is 1. The van der Waals surface area contributed by atoms with Crippen LogP contribution in [0.4, 0.5) is 4.39 Å². The van der Waals surface area contributed by atoms with Gasteiger partial charge in [0, 0.05) is 4.90 Å². The van der Waals surface area contributed by atoms with Gasteiger partial charge in [-0.15, -0.1) is 32.0 Å². The van der Waals surface area contributed by atoms with E-state index in [9.17, 15) is 39.0 Å². The first kappa shape index (κ1) is 33.3. The van der Waals surface area contributed by atoms with E-state index in [-0.39, 0.29) is 23.5 Å². The van der Waals surface area contributed by atoms with Crippen LogP contribution in [0.15, 0.2) is 71.1 Å². The maximum Gasteiger partial charge on any atom is 0.315 e. The summed E-state index contributed by atoms with van der Waals surface area (Å²) in [6.07, 6.45) is 1.57. The molecule has 0 N–H and O–H groups in total. The second-order valence-electron chi connectivity index (χ2n) is 9.74. The molecule has 1 aliphatic rings. The van der Waals surface area contributed by atoms with E-state index in [0.717, 1.165) is 39.3 Å². The van der Waals surface area contributed by atoms with Crippen LogP contribution in [0.2, 0.25) is 0 Å². The van der Waals surface area contributed by atoms with Crippen molar-refractivity contribution in [1.82, 2.24) is 0 Å². The predicted octanol–water partition coefficient (Wildman–Crippen LogP) is 5.76. The fourth-order valence-corrected chi connectivity index (χ4v) is 5.09. The van der Waals surface area contributed by atoms with E-state index in [4.69, 9.17) is 9.47 Å². The zero-order valence-corrected chi connectivity index (χ0v) is 25.1. The highest BCUT2D eigenvalue weighted by Crippen LogP contribution is 2.44. The monoisotopic (exact) mass is 652 g/mol. The molecule has 0 bridgehead atoms. The fraction of sp³-hybridized carbons (Fsp3) is 0.194. The third kappa shape index (κ3) is 8.53. The Balaban J connectivity index is 1.49. The summed E-state index contributed by atoms with van der Waals surface area (Å²) >= 11 is 1.62. The second-order valence-corrected chi connectivity index (χ2v) is 10.6. The number of allylic oxidation sites excluding steroid dienone is 2. The summed E-state index contributed by atoms with van der Waals surface area (Å²) < 4.78 is 24.8. The largest absolute Gasteiger partial charge is 0.426 e. The molecule has 4 rings (SSSR count). The van der Waals surface area contributed by atoms with Crippen LogP contribution < -0.4 is 9.47 Å². The molecule has 0 aliphatic heterocycles. The van der Waals surface area contributed by atoms with E-state index in [2.05, 4.69) is 9.68 Å². The van der Waals surface area contributed by atoms with Gasteiger partial charge in [-0.05, 0) is 95.1 Å². The molecule has 3 aromatic carbocycles. The minimum atomic E-state index is -1.66. The average molecular weight is 653 g/mol. The molecule has 0 spiro atoms. The number of nitrogens with zero attached hydrogens (tertiary/aromatic N) is 2. The molecule has 238 valence electrons. The summed E-state index contributed by atoms with van der Waals surface area (Å²) in [5.41, 5.74) is 4.22. The maximum absolute atomic E-state index is 14.3. The smallest absolute Gasteiger partial charge is 0.315 e. The number of halogens is 1. The number of hydrogen-bond donors (Lipinski definition) is 0. The predicted molar refractivity (Wildman–Crippen MR) is 162 cm³/mol. The Hall–Kier alpha value is -5.57. The standard InChI is InChI=1S/C31H25FN2O11S/c1-18-26(11-19-3-7-24(46-2)8-4-19)25-9-5-21(32)13-28(25)27(18)15-31(37)43-22-6-10-29(20(12-22)16-35)44-30(36)14-23(45-34(40)41)17-42-33(38)39/h3-13,16,23H,14-15,17H2,1-2H3/b26-11-. The first-order valence-electron chi connectivity index (χ1n) is 13.4. The van der Waals surface area contributed by atoms with Crippen LogP contribution in [-0.2, 0) is 19.3 Å². The molecule has 1 unspecified atom stereocenters. The van der Waals surface area contributed by atoms with Crippen LogP contribution in [0.5, 0.6) is 11.5 Å². The summed E-state index contributed by atoms with van der Waals surface area (Å²) in [6, 6.07) is 15.8. The zero-order chi connectivity index (χ0) is 33.4. The van der Waals surface area contributed by atoms with Crippen LogP contribution >= 0.6 is 11.8 Å². The van der Waals surface area contributed by atoms with E-state index in [1.807, 2.05) is 43.5 Å². The van der Waals surface area contributed by atoms with Crippen LogP contribution in [0.25, 0.3) is 17.2 Å². The molecule has 15 heteroatoms. The summed E-state index contributed by atoms with van der Waals surface area (Å²) in [5.74, 6) is -2.62. The van der Waals surface area contributed by atoms with Gasteiger partial charge in [0.15, 0.2) is 6.29 Å². The third-order valence-corrected chi connectivity index (χ3v) is 7.50. The van der Waals surface area contributed by atoms with Crippen molar-refractivity contribution in [2.45, 2.75) is 30.8 Å². The van der Waals surface area contributed by atoms with Crippen molar-refractivity contribution in [1.29, 1.82) is 0 Å². The van der Waals surface area contributed by atoms with Gasteiger partial charge in [-0.3, -0.25) is 14.4 Å². The molecular formula is C31H25FN2O11S. The number of thioether (sulfide) groups is 1. The van der Waals surface area contributed by atoms with Crippen LogP contribution in [-0.4, -0.2) is 47.4 Å². The highest BCUT2D eigenvalue weighted by molar-refractivity contribution is 7.98. The number of hydrogen-bond acceptors (Lipinski definition) is 12. The number of carbonyl (C=O) groups excluding carboxylic acids is 3. The topological polar surface area (TPSA) is 174 Å². The summed E-state index contributed by atoms with van der Waals surface area (Å²) in [4.78, 5) is 67.4. The molecular weight excluding hydrogens is 627 g/mol. The number of rotatable bonds is 14. The Morgan fingerprint density at radius 2 is 1.70 bits per heavy atom. The molecule has 0 heterocycles. The van der Waals surface area contributed by atoms with Gasteiger partial charge < -0.3 is 19.1 Å². The zero-order valence-electron chi connectivity index (χ0n) is 24.3. The molecule has 0 saturated carbocycles. The molecule has 0 saturated heterocycles. The Bertz CT molecular complexity index is 1760. The Morgan fingerprint density at radius 1 is 0.957 bits per heavy atom. The molecule has 0 aromatic heterocycles. The molecule has 1 aliphatic carbocycles. The molecule has 1 atom stereocenters. The van der Waals surface area contributed by atoms with Crippen LogP contribution in [0.3, 0.4) is 0 Å². The van der Waals surface area contributed by atoms with E-state index < -0.39 is 47.1 Å². The van der Waals surface area contributed by atoms with E-state index in [1.54, 1.807) is 17.8 Å². The number of carbonyl (C=O) groups is 3. The Kier molecular flexibility index (Phi) is 10.8. The SMILES string of the molecule is CSc1ccc(/C=C2/C(C)=C(CC(=O)Oc3ccc(OC(=O)CC(CO[N+](=O)[O-])O[N+](=O)[O-])c(C=O)c3)c3cc(F)ccc32)cc1. The van der Waals surface area contributed by atoms with Gasteiger partial charge in [0.25, 0.3) is 10.2 Å². The lowest BCUT2D eigenvalue weighted by molar-refractivity contribution is -0.789. The Morgan fingerprint density at radius 3 is 2.35 bits per heavy atom. The van der Waals surface area contributed by atoms with Gasteiger partial charge in [0.1, 0.15) is 30.0 Å². The number of ether oxygens (including phenoxy) is 2. The normalized spacial score (nSPS) is 13.5. The number of esters is 2. The summed E-state index contributed by atoms with van der Waals surface area (Å²) in [6.45, 7) is 0.912. The molecule has 13 nitrogen and oxygen atoms in total. The van der Waals surface area contributed by atoms with Gasteiger partial charge in [-0.2, -0.15) is 0 Å². The second kappa shape index (κ2) is 14.9. The highest BCUT2D eigenvalue weighted by Gasteiger charge is 2.27. The summed E-state index contributed by atoms with van der Waals surface area (Å²) in [5, 5.41) is 18.6. The van der Waals surface area contributed by atoms with Gasteiger partial charge in [-0.25, -0.2) is 4.39 Å². The minimum absolute atomic E-state index is 0.0544. The lowest BCUT2D eigenvalue weighted by Gasteiger charge is -2.14. The number of fused-ring (bicyclic) bond motifs is 1. The highest BCUT2D eigenvalue weighted by atomic mass is 32.2. The first-order valence-corrected chi connectivity index (χ1v) is 14.6. The van der Waals surface area contributed by atoms with Gasteiger partial charge >= 0.3 is 11.9 Å². The lowest BCUT2D eigenvalue weighted by Crippen LogP contribution is -2.29. The van der Waals surface area contributed by atoms with E-state index >= 15 is 0 Å².